The minimum absolute atomic E-state index is 0.140. The Morgan fingerprint density at radius 3 is 3.04 bits per heavy atom. The zero-order valence-electron chi connectivity index (χ0n) is 15.0. The van der Waals surface area contributed by atoms with Gasteiger partial charge in [-0.25, -0.2) is 4.98 Å². The number of furan rings is 1. The van der Waals surface area contributed by atoms with Gasteiger partial charge in [0.1, 0.15) is 5.58 Å². The molecule has 9 heteroatoms. The molecule has 4 aromatic rings. The van der Waals surface area contributed by atoms with Crippen LogP contribution in [0.1, 0.15) is 6.92 Å². The van der Waals surface area contributed by atoms with Gasteiger partial charge in [0.15, 0.2) is 16.0 Å². The van der Waals surface area contributed by atoms with Crippen molar-refractivity contribution in [2.45, 2.75) is 23.9 Å². The summed E-state index contributed by atoms with van der Waals surface area (Å²) < 4.78 is 7.82. The van der Waals surface area contributed by atoms with Gasteiger partial charge in [-0.2, -0.15) is 0 Å². The molecule has 28 heavy (non-hydrogen) atoms. The minimum atomic E-state index is -0.375. The molecular weight excluding hydrogens is 394 g/mol. The summed E-state index contributed by atoms with van der Waals surface area (Å²) in [5, 5.41) is 15.0. The molecule has 1 amide bonds. The summed E-state index contributed by atoms with van der Waals surface area (Å²) in [5.41, 5.74) is 0.788. The van der Waals surface area contributed by atoms with Gasteiger partial charge in [0.05, 0.1) is 5.25 Å². The van der Waals surface area contributed by atoms with E-state index < -0.39 is 0 Å². The van der Waals surface area contributed by atoms with E-state index in [9.17, 15) is 4.79 Å². The maximum atomic E-state index is 12.4. The number of para-hydroxylation sites is 1. The molecule has 0 radical (unpaired) electrons. The number of carbonyl (C=O) groups is 1. The van der Waals surface area contributed by atoms with Gasteiger partial charge >= 0.3 is 0 Å². The Kier molecular flexibility index (Phi) is 5.27. The van der Waals surface area contributed by atoms with Crippen LogP contribution in [-0.2, 0) is 11.3 Å². The Morgan fingerprint density at radius 2 is 2.29 bits per heavy atom. The largest absolute Gasteiger partial charge is 0.453 e. The monoisotopic (exact) mass is 411 g/mol. The number of hydrogen-bond donors (Lipinski definition) is 1. The maximum absolute atomic E-state index is 12.4. The molecule has 0 aliphatic heterocycles. The van der Waals surface area contributed by atoms with Crippen molar-refractivity contribution >= 4 is 45.1 Å². The van der Waals surface area contributed by atoms with E-state index in [2.05, 4.69) is 27.1 Å². The molecule has 3 heterocycles. The number of fused-ring (bicyclic) bond motifs is 1. The number of thioether (sulfide) groups is 1. The molecule has 4 rings (SSSR count). The number of aromatic nitrogens is 4. The molecule has 3 aromatic heterocycles. The molecule has 1 N–H and O–H groups in total. The highest BCUT2D eigenvalue weighted by Gasteiger charge is 2.22. The first-order chi connectivity index (χ1) is 13.7. The van der Waals surface area contributed by atoms with E-state index in [0.717, 1.165) is 11.0 Å². The van der Waals surface area contributed by atoms with Crippen LogP contribution < -0.4 is 5.32 Å². The van der Waals surface area contributed by atoms with Crippen LogP contribution >= 0.6 is 23.1 Å². The topological polar surface area (TPSA) is 85.8 Å². The first-order valence-corrected chi connectivity index (χ1v) is 10.3. The number of amides is 1. The van der Waals surface area contributed by atoms with Gasteiger partial charge in [-0.15, -0.1) is 28.1 Å². The molecule has 142 valence electrons. The lowest BCUT2D eigenvalue weighted by Crippen LogP contribution is -2.22. The Labute approximate surface area is 169 Å². The van der Waals surface area contributed by atoms with Crippen LogP contribution in [0, 0.1) is 0 Å². The Morgan fingerprint density at radius 1 is 1.43 bits per heavy atom. The molecule has 0 spiro atoms. The van der Waals surface area contributed by atoms with E-state index in [4.69, 9.17) is 4.42 Å². The summed E-state index contributed by atoms with van der Waals surface area (Å²) in [7, 11) is 0. The standard InChI is InChI=1S/C19H17N5O2S2/c1-3-9-24-16(15-11-13-6-4-5-7-14(13)26-15)22-23-19(24)28-12(2)17(25)21-18-20-8-10-27-18/h3-8,10-12H,1,9H2,2H3,(H,20,21,25)/t12-/m1/s1. The fraction of sp³-hybridized carbons (Fsp3) is 0.158. The van der Waals surface area contributed by atoms with E-state index in [-0.39, 0.29) is 11.2 Å². The second-order valence-electron chi connectivity index (χ2n) is 5.94. The van der Waals surface area contributed by atoms with Crippen molar-refractivity contribution in [2.75, 3.05) is 5.32 Å². The molecular formula is C19H17N5O2S2. The number of thiazole rings is 1. The molecule has 0 saturated carbocycles. The predicted molar refractivity (Wildman–Crippen MR) is 111 cm³/mol. The number of carbonyl (C=O) groups excluding carboxylic acids is 1. The molecule has 0 saturated heterocycles. The third-order valence-corrected chi connectivity index (χ3v) is 5.76. The fourth-order valence-electron chi connectivity index (χ4n) is 2.65. The number of rotatable bonds is 7. The van der Waals surface area contributed by atoms with Crippen LogP contribution in [0.4, 0.5) is 5.13 Å². The van der Waals surface area contributed by atoms with Crippen LogP contribution in [-0.4, -0.2) is 30.9 Å². The fourth-order valence-corrected chi connectivity index (χ4v) is 4.04. The average molecular weight is 412 g/mol. The molecule has 0 unspecified atom stereocenters. The van der Waals surface area contributed by atoms with Crippen molar-refractivity contribution in [1.29, 1.82) is 0 Å². The highest BCUT2D eigenvalue weighted by atomic mass is 32.2. The Bertz CT molecular complexity index is 1080. The Hall–Kier alpha value is -2.91. The summed E-state index contributed by atoms with van der Waals surface area (Å²) in [6.07, 6.45) is 3.41. The van der Waals surface area contributed by atoms with Gasteiger partial charge in [-0.3, -0.25) is 9.36 Å². The van der Waals surface area contributed by atoms with Crippen LogP contribution in [0.25, 0.3) is 22.6 Å². The van der Waals surface area contributed by atoms with Crippen LogP contribution in [0.15, 0.2) is 64.1 Å². The number of anilines is 1. The van der Waals surface area contributed by atoms with Gasteiger partial charge in [0, 0.05) is 23.5 Å². The number of nitrogens with zero attached hydrogens (tertiary/aromatic N) is 4. The molecule has 0 fully saturated rings. The molecule has 7 nitrogen and oxygen atoms in total. The molecule has 0 aliphatic carbocycles. The van der Waals surface area contributed by atoms with E-state index in [1.807, 2.05) is 47.2 Å². The molecule has 0 bridgehead atoms. The smallest absolute Gasteiger partial charge is 0.239 e. The summed E-state index contributed by atoms with van der Waals surface area (Å²) in [6, 6.07) is 9.71. The van der Waals surface area contributed by atoms with Crippen molar-refractivity contribution < 1.29 is 9.21 Å². The molecule has 1 atom stereocenters. The first-order valence-electron chi connectivity index (χ1n) is 8.56. The zero-order chi connectivity index (χ0) is 19.5. The minimum Gasteiger partial charge on any atom is -0.453 e. The summed E-state index contributed by atoms with van der Waals surface area (Å²) in [6.45, 7) is 6.14. The summed E-state index contributed by atoms with van der Waals surface area (Å²) in [4.78, 5) is 16.5. The number of allylic oxidation sites excluding steroid dienone is 1. The maximum Gasteiger partial charge on any atom is 0.239 e. The van der Waals surface area contributed by atoms with Gasteiger partial charge in [-0.05, 0) is 19.1 Å². The Balaban J connectivity index is 1.59. The van der Waals surface area contributed by atoms with Crippen molar-refractivity contribution in [3.05, 3.63) is 54.6 Å². The van der Waals surface area contributed by atoms with E-state index in [1.54, 1.807) is 12.3 Å². The average Bonchev–Trinajstić information content (AvgIpc) is 3.42. The SMILES string of the molecule is C=CCn1c(S[C@H](C)C(=O)Nc2nccs2)nnc1-c1cc2ccccc2o1. The predicted octanol–water partition coefficient (Wildman–Crippen LogP) is 4.45. The number of benzene rings is 1. The van der Waals surface area contributed by atoms with Gasteiger partial charge in [0.25, 0.3) is 0 Å². The second-order valence-corrected chi connectivity index (χ2v) is 8.14. The van der Waals surface area contributed by atoms with Crippen molar-refractivity contribution in [3.8, 4) is 11.6 Å². The van der Waals surface area contributed by atoms with Crippen molar-refractivity contribution in [3.63, 3.8) is 0 Å². The third-order valence-electron chi connectivity index (χ3n) is 3.99. The van der Waals surface area contributed by atoms with Gasteiger partial charge in [0.2, 0.25) is 11.7 Å². The van der Waals surface area contributed by atoms with Crippen LogP contribution in [0.3, 0.4) is 0 Å². The lowest BCUT2D eigenvalue weighted by atomic mass is 10.2. The van der Waals surface area contributed by atoms with E-state index in [0.29, 0.717) is 28.4 Å². The number of nitrogens with one attached hydrogen (secondary N) is 1. The first kappa shape index (κ1) is 18.5. The van der Waals surface area contributed by atoms with Gasteiger partial charge in [-0.1, -0.05) is 36.0 Å². The van der Waals surface area contributed by atoms with Crippen molar-refractivity contribution in [2.24, 2.45) is 0 Å². The van der Waals surface area contributed by atoms with Crippen LogP contribution in [0.2, 0.25) is 0 Å². The molecule has 1 aromatic carbocycles. The van der Waals surface area contributed by atoms with Gasteiger partial charge < -0.3 is 9.73 Å². The zero-order valence-corrected chi connectivity index (χ0v) is 16.7. The van der Waals surface area contributed by atoms with E-state index >= 15 is 0 Å². The normalized spacial score (nSPS) is 12.2. The summed E-state index contributed by atoms with van der Waals surface area (Å²) in [5.74, 6) is 1.09. The van der Waals surface area contributed by atoms with E-state index in [1.165, 1.54) is 23.1 Å². The quantitative estimate of drug-likeness (QED) is 0.357. The lowest BCUT2D eigenvalue weighted by molar-refractivity contribution is -0.115. The second kappa shape index (κ2) is 7.99. The van der Waals surface area contributed by atoms with Crippen molar-refractivity contribution in [1.82, 2.24) is 19.7 Å². The number of hydrogen-bond acceptors (Lipinski definition) is 7. The molecule has 0 aliphatic rings. The van der Waals surface area contributed by atoms with Crippen LogP contribution in [0.5, 0.6) is 0 Å². The highest BCUT2D eigenvalue weighted by Crippen LogP contribution is 2.31. The summed E-state index contributed by atoms with van der Waals surface area (Å²) >= 11 is 2.71. The lowest BCUT2D eigenvalue weighted by Gasteiger charge is -2.11. The third kappa shape index (κ3) is 3.71. The highest BCUT2D eigenvalue weighted by molar-refractivity contribution is 8.00.